The maximum Gasteiger partial charge on any atom is 0.435 e. The van der Waals surface area contributed by atoms with Gasteiger partial charge in [0.25, 0.3) is 5.91 Å². The molecule has 120 valence electrons. The van der Waals surface area contributed by atoms with E-state index >= 15 is 0 Å². The number of nitrogens with zero attached hydrogens (tertiary/aromatic N) is 2. The zero-order valence-electron chi connectivity index (χ0n) is 11.8. The quantitative estimate of drug-likeness (QED) is 0.912. The lowest BCUT2D eigenvalue weighted by molar-refractivity contribution is -0.141. The SMILES string of the molecule is O=C(C1=COCC1)N1CCC[C@H](c2cc(C(F)(F)F)n[nH]2)C1. The Kier molecular flexibility index (Phi) is 3.84. The third-order valence-corrected chi connectivity index (χ3v) is 4.03. The molecule has 3 rings (SSSR count). The molecule has 0 spiro atoms. The second kappa shape index (κ2) is 5.66. The number of hydrogen-bond donors (Lipinski definition) is 1. The fourth-order valence-electron chi connectivity index (χ4n) is 2.85. The Bertz CT molecular complexity index is 594. The molecule has 22 heavy (non-hydrogen) atoms. The van der Waals surface area contributed by atoms with Crippen LogP contribution in [0.3, 0.4) is 0 Å². The summed E-state index contributed by atoms with van der Waals surface area (Å²) in [7, 11) is 0. The average Bonchev–Trinajstić information content (AvgIpc) is 3.17. The first-order valence-electron chi connectivity index (χ1n) is 7.17. The topological polar surface area (TPSA) is 58.2 Å². The van der Waals surface area contributed by atoms with E-state index < -0.39 is 11.9 Å². The molecule has 3 heterocycles. The number of likely N-dealkylation sites (tertiary alicyclic amines) is 1. The number of halogens is 3. The Morgan fingerprint density at radius 2 is 2.27 bits per heavy atom. The van der Waals surface area contributed by atoms with E-state index in [0.29, 0.717) is 37.4 Å². The van der Waals surface area contributed by atoms with E-state index in [2.05, 4.69) is 10.2 Å². The van der Waals surface area contributed by atoms with Gasteiger partial charge in [0.2, 0.25) is 0 Å². The summed E-state index contributed by atoms with van der Waals surface area (Å²) in [5, 5.41) is 5.79. The molecular formula is C14H16F3N3O2. The van der Waals surface area contributed by atoms with Crippen molar-refractivity contribution in [2.24, 2.45) is 0 Å². The van der Waals surface area contributed by atoms with Crippen LogP contribution in [0.25, 0.3) is 0 Å². The summed E-state index contributed by atoms with van der Waals surface area (Å²) in [6.45, 7) is 1.52. The number of H-pyrrole nitrogens is 1. The molecule has 1 amide bonds. The van der Waals surface area contributed by atoms with Gasteiger partial charge < -0.3 is 9.64 Å². The maximum atomic E-state index is 12.6. The van der Waals surface area contributed by atoms with Crippen molar-refractivity contribution in [3.05, 3.63) is 29.3 Å². The molecule has 5 nitrogen and oxygen atoms in total. The van der Waals surface area contributed by atoms with E-state index in [4.69, 9.17) is 4.74 Å². The van der Waals surface area contributed by atoms with Crippen molar-refractivity contribution < 1.29 is 22.7 Å². The fourth-order valence-corrected chi connectivity index (χ4v) is 2.85. The van der Waals surface area contributed by atoms with E-state index in [1.54, 1.807) is 4.90 Å². The summed E-state index contributed by atoms with van der Waals surface area (Å²) >= 11 is 0. The van der Waals surface area contributed by atoms with Crippen molar-refractivity contribution in [3.8, 4) is 0 Å². The van der Waals surface area contributed by atoms with Gasteiger partial charge in [-0.15, -0.1) is 0 Å². The molecule has 0 unspecified atom stereocenters. The first-order valence-corrected chi connectivity index (χ1v) is 7.17. The highest BCUT2D eigenvalue weighted by Gasteiger charge is 2.35. The van der Waals surface area contributed by atoms with Gasteiger partial charge in [-0.05, 0) is 18.9 Å². The van der Waals surface area contributed by atoms with Crippen molar-refractivity contribution in [1.82, 2.24) is 15.1 Å². The molecule has 0 bridgehead atoms. The molecule has 1 fully saturated rings. The summed E-state index contributed by atoms with van der Waals surface area (Å²) in [4.78, 5) is 14.0. The van der Waals surface area contributed by atoms with Gasteiger partial charge in [0.05, 0.1) is 18.4 Å². The van der Waals surface area contributed by atoms with Gasteiger partial charge in [0.15, 0.2) is 5.69 Å². The predicted molar refractivity (Wildman–Crippen MR) is 70.8 cm³/mol. The number of carbonyl (C=O) groups excluding carboxylic acids is 1. The molecule has 0 saturated carbocycles. The van der Waals surface area contributed by atoms with Crippen molar-refractivity contribution in [1.29, 1.82) is 0 Å². The van der Waals surface area contributed by atoms with Crippen LogP contribution in [0.1, 0.15) is 36.6 Å². The zero-order valence-corrected chi connectivity index (χ0v) is 11.8. The normalized spacial score (nSPS) is 22.4. The molecule has 2 aliphatic heterocycles. The van der Waals surface area contributed by atoms with Crippen molar-refractivity contribution >= 4 is 5.91 Å². The second-order valence-corrected chi connectivity index (χ2v) is 5.56. The van der Waals surface area contributed by atoms with Crippen LogP contribution in [-0.2, 0) is 15.7 Å². The lowest BCUT2D eigenvalue weighted by Crippen LogP contribution is -2.39. The van der Waals surface area contributed by atoms with Crippen LogP contribution < -0.4 is 0 Å². The van der Waals surface area contributed by atoms with Crippen LogP contribution in [0.4, 0.5) is 13.2 Å². The van der Waals surface area contributed by atoms with E-state index in [-0.39, 0.29) is 11.8 Å². The molecule has 1 aromatic heterocycles. The minimum atomic E-state index is -4.45. The number of hydrogen-bond acceptors (Lipinski definition) is 3. The molecule has 1 N–H and O–H groups in total. The van der Waals surface area contributed by atoms with Crippen molar-refractivity contribution in [2.75, 3.05) is 19.7 Å². The van der Waals surface area contributed by atoms with Crippen LogP contribution >= 0.6 is 0 Å². The van der Waals surface area contributed by atoms with Gasteiger partial charge in [0.1, 0.15) is 0 Å². The first kappa shape index (κ1) is 14.9. The second-order valence-electron chi connectivity index (χ2n) is 5.56. The molecule has 0 radical (unpaired) electrons. The van der Waals surface area contributed by atoms with Crippen LogP contribution in [0, 0.1) is 0 Å². The summed E-state index contributed by atoms with van der Waals surface area (Å²) in [5.41, 5.74) is 0.139. The van der Waals surface area contributed by atoms with Crippen LogP contribution in [0.2, 0.25) is 0 Å². The van der Waals surface area contributed by atoms with Crippen molar-refractivity contribution in [2.45, 2.75) is 31.4 Å². The minimum Gasteiger partial charge on any atom is -0.500 e. The number of nitrogens with one attached hydrogen (secondary N) is 1. The minimum absolute atomic E-state index is 0.0854. The van der Waals surface area contributed by atoms with Crippen LogP contribution in [-0.4, -0.2) is 40.7 Å². The standard InChI is InChI=1S/C14H16F3N3O2/c15-14(16,17)12-6-11(18-19-12)9-2-1-4-20(7-9)13(21)10-3-5-22-8-10/h6,8-9H,1-5,7H2,(H,18,19)/t9-/m0/s1. The van der Waals surface area contributed by atoms with Gasteiger partial charge in [-0.3, -0.25) is 9.89 Å². The Balaban J connectivity index is 1.70. The Labute approximate surface area is 125 Å². The van der Waals surface area contributed by atoms with E-state index in [1.165, 1.54) is 6.26 Å². The lowest BCUT2D eigenvalue weighted by Gasteiger charge is -2.32. The van der Waals surface area contributed by atoms with E-state index in [0.717, 1.165) is 18.9 Å². The molecular weight excluding hydrogens is 299 g/mol. The molecule has 1 saturated heterocycles. The molecule has 1 atom stereocenters. The number of alkyl halides is 3. The van der Waals surface area contributed by atoms with Gasteiger partial charge in [-0.25, -0.2) is 0 Å². The Morgan fingerprint density at radius 1 is 1.45 bits per heavy atom. The number of piperidine rings is 1. The highest BCUT2D eigenvalue weighted by molar-refractivity contribution is 5.93. The Morgan fingerprint density at radius 3 is 2.91 bits per heavy atom. The molecule has 2 aliphatic rings. The van der Waals surface area contributed by atoms with E-state index in [1.807, 2.05) is 0 Å². The average molecular weight is 315 g/mol. The summed E-state index contributed by atoms with van der Waals surface area (Å²) in [5.74, 6) is -0.234. The largest absolute Gasteiger partial charge is 0.500 e. The molecule has 0 aromatic carbocycles. The highest BCUT2D eigenvalue weighted by atomic mass is 19.4. The lowest BCUT2D eigenvalue weighted by atomic mass is 9.94. The Hall–Kier alpha value is -1.99. The summed E-state index contributed by atoms with van der Waals surface area (Å²) < 4.78 is 42.9. The van der Waals surface area contributed by atoms with E-state index in [9.17, 15) is 18.0 Å². The number of rotatable bonds is 2. The van der Waals surface area contributed by atoms with Gasteiger partial charge in [-0.1, -0.05) is 0 Å². The summed E-state index contributed by atoms with van der Waals surface area (Å²) in [6, 6.07) is 1.04. The van der Waals surface area contributed by atoms with Gasteiger partial charge >= 0.3 is 6.18 Å². The van der Waals surface area contributed by atoms with Crippen LogP contribution in [0.15, 0.2) is 17.9 Å². The third kappa shape index (κ3) is 2.95. The maximum absolute atomic E-state index is 12.6. The van der Waals surface area contributed by atoms with Gasteiger partial charge in [0, 0.05) is 31.1 Å². The number of carbonyl (C=O) groups is 1. The molecule has 1 aromatic rings. The molecule has 8 heteroatoms. The number of aromatic nitrogens is 2. The fraction of sp³-hybridized carbons (Fsp3) is 0.571. The zero-order chi connectivity index (χ0) is 15.7. The van der Waals surface area contributed by atoms with Crippen LogP contribution in [0.5, 0.6) is 0 Å². The number of ether oxygens (including phenoxy) is 1. The smallest absolute Gasteiger partial charge is 0.435 e. The third-order valence-electron chi connectivity index (χ3n) is 4.03. The first-order chi connectivity index (χ1) is 10.4. The monoisotopic (exact) mass is 315 g/mol. The van der Waals surface area contributed by atoms with Crippen molar-refractivity contribution in [3.63, 3.8) is 0 Å². The molecule has 0 aliphatic carbocycles. The highest BCUT2D eigenvalue weighted by Crippen LogP contribution is 2.32. The predicted octanol–water partition coefficient (Wildman–Crippen LogP) is 2.44. The number of amides is 1. The number of aromatic amines is 1. The summed E-state index contributed by atoms with van der Waals surface area (Å²) in [6.07, 6.45) is -0.902. The van der Waals surface area contributed by atoms with Gasteiger partial charge in [-0.2, -0.15) is 18.3 Å².